The Hall–Kier alpha value is -3.19. The van der Waals surface area contributed by atoms with Gasteiger partial charge in [-0.1, -0.05) is 42.5 Å². The lowest BCUT2D eigenvalue weighted by Gasteiger charge is -2.38. The lowest BCUT2D eigenvalue weighted by Crippen LogP contribution is -2.59. The van der Waals surface area contributed by atoms with E-state index in [4.69, 9.17) is 9.47 Å². The van der Waals surface area contributed by atoms with Gasteiger partial charge in [0.1, 0.15) is 6.61 Å². The minimum atomic E-state index is -0.508. The van der Waals surface area contributed by atoms with Crippen LogP contribution in [0.15, 0.2) is 48.5 Å². The highest BCUT2D eigenvalue weighted by Gasteiger charge is 2.43. The minimum absolute atomic E-state index is 0.138. The number of amides is 1. The molecule has 170 valence electrons. The number of carbonyl (C=O) groups is 3. The molecule has 2 aromatic rings. The number of para-hydroxylation sites is 1. The summed E-state index contributed by atoms with van der Waals surface area (Å²) in [5, 5.41) is 2.92. The van der Waals surface area contributed by atoms with Gasteiger partial charge in [0.15, 0.2) is 12.6 Å². The van der Waals surface area contributed by atoms with E-state index in [1.165, 1.54) is 7.11 Å². The zero-order valence-electron chi connectivity index (χ0n) is 18.9. The molecule has 1 atom stereocenters. The van der Waals surface area contributed by atoms with Crippen molar-refractivity contribution in [2.24, 2.45) is 0 Å². The van der Waals surface area contributed by atoms with Gasteiger partial charge in [-0.3, -0.25) is 4.79 Å². The van der Waals surface area contributed by atoms with E-state index < -0.39 is 12.0 Å². The summed E-state index contributed by atoms with van der Waals surface area (Å²) < 4.78 is 10.7. The Morgan fingerprint density at radius 1 is 1.03 bits per heavy atom. The number of anilines is 1. The van der Waals surface area contributed by atoms with Crippen LogP contribution in [0.3, 0.4) is 0 Å². The lowest BCUT2D eigenvalue weighted by atomic mass is 10.1. The first-order valence-electron chi connectivity index (χ1n) is 10.9. The number of methoxy groups -OCH3 is 1. The van der Waals surface area contributed by atoms with Crippen molar-refractivity contribution in [3.05, 3.63) is 65.2 Å². The number of likely N-dealkylation sites (tertiary alicyclic amines) is 1. The van der Waals surface area contributed by atoms with Crippen molar-refractivity contribution in [3.8, 4) is 0 Å². The Labute approximate surface area is 188 Å². The van der Waals surface area contributed by atoms with Crippen LogP contribution in [-0.4, -0.2) is 55.1 Å². The van der Waals surface area contributed by atoms with Crippen LogP contribution in [0.5, 0.6) is 0 Å². The van der Waals surface area contributed by atoms with Gasteiger partial charge in [0.2, 0.25) is 0 Å². The second-order valence-corrected chi connectivity index (χ2v) is 8.33. The number of aryl methyl sites for hydroxylation is 1. The monoisotopic (exact) mass is 439 g/mol. The molecule has 1 fully saturated rings. The highest BCUT2D eigenvalue weighted by Crippen LogP contribution is 2.27. The maximum Gasteiger partial charge on any atom is 0.362 e. The molecule has 7 nitrogen and oxygen atoms in total. The van der Waals surface area contributed by atoms with Gasteiger partial charge < -0.3 is 19.3 Å². The summed E-state index contributed by atoms with van der Waals surface area (Å²) in [5.74, 6) is -1.06. The summed E-state index contributed by atoms with van der Waals surface area (Å²) in [7, 11) is 1.31. The van der Waals surface area contributed by atoms with Crippen molar-refractivity contribution in [2.45, 2.75) is 39.3 Å². The number of nitrogens with zero attached hydrogens (tertiary/aromatic N) is 1. The molecule has 0 aliphatic carbocycles. The first-order chi connectivity index (χ1) is 15.4. The largest absolute Gasteiger partial charge is 0.465 e. The number of nitrogens with one attached hydrogen (secondary N) is 1. The van der Waals surface area contributed by atoms with Crippen LogP contribution >= 0.6 is 0 Å². The SMILES string of the molecule is COC(=O)c1cccc(C)c1NC(=O)C(C)[N+]1(CC(=O)OCc2ccccc2)CCCC1. The molecule has 0 spiro atoms. The van der Waals surface area contributed by atoms with Crippen LogP contribution in [0.2, 0.25) is 0 Å². The molecule has 2 aromatic carbocycles. The maximum absolute atomic E-state index is 13.2. The van der Waals surface area contributed by atoms with Gasteiger partial charge in [-0.25, -0.2) is 9.59 Å². The zero-order valence-corrected chi connectivity index (χ0v) is 18.9. The van der Waals surface area contributed by atoms with Gasteiger partial charge >= 0.3 is 11.9 Å². The van der Waals surface area contributed by atoms with Crippen molar-refractivity contribution in [1.82, 2.24) is 0 Å². The van der Waals surface area contributed by atoms with E-state index in [9.17, 15) is 14.4 Å². The van der Waals surface area contributed by atoms with Crippen molar-refractivity contribution in [1.29, 1.82) is 0 Å². The molecule has 0 saturated carbocycles. The molecule has 1 heterocycles. The predicted molar refractivity (Wildman–Crippen MR) is 121 cm³/mol. The van der Waals surface area contributed by atoms with Gasteiger partial charge in [0.25, 0.3) is 5.91 Å². The molecule has 3 rings (SSSR count). The molecule has 1 saturated heterocycles. The van der Waals surface area contributed by atoms with Gasteiger partial charge in [-0.2, -0.15) is 0 Å². The number of hydrogen-bond donors (Lipinski definition) is 1. The number of esters is 2. The van der Waals surface area contributed by atoms with Crippen molar-refractivity contribution in [3.63, 3.8) is 0 Å². The minimum Gasteiger partial charge on any atom is -0.465 e. The number of quaternary nitrogens is 1. The van der Waals surface area contributed by atoms with E-state index in [0.717, 1.165) is 37.1 Å². The normalized spacial score (nSPS) is 15.6. The smallest absolute Gasteiger partial charge is 0.362 e. The Balaban J connectivity index is 1.72. The molecular weight excluding hydrogens is 408 g/mol. The first kappa shape index (κ1) is 23.5. The topological polar surface area (TPSA) is 81.7 Å². The quantitative estimate of drug-likeness (QED) is 0.503. The van der Waals surface area contributed by atoms with Gasteiger partial charge in [0.05, 0.1) is 31.5 Å². The lowest BCUT2D eigenvalue weighted by molar-refractivity contribution is -0.922. The molecule has 32 heavy (non-hydrogen) atoms. The number of rotatable bonds is 8. The van der Waals surface area contributed by atoms with E-state index in [-0.39, 0.29) is 25.0 Å². The summed E-state index contributed by atoms with van der Waals surface area (Å²) >= 11 is 0. The van der Waals surface area contributed by atoms with Gasteiger partial charge in [-0.15, -0.1) is 0 Å². The molecular formula is C25H31N2O5+. The van der Waals surface area contributed by atoms with Crippen molar-refractivity contribution in [2.75, 3.05) is 32.1 Å². The summed E-state index contributed by atoms with van der Waals surface area (Å²) in [6, 6.07) is 14.3. The molecule has 1 aliphatic heterocycles. The second-order valence-electron chi connectivity index (χ2n) is 8.33. The van der Waals surface area contributed by atoms with Crippen LogP contribution in [0, 0.1) is 6.92 Å². The van der Waals surface area contributed by atoms with Crippen molar-refractivity contribution < 1.29 is 28.3 Å². The van der Waals surface area contributed by atoms with E-state index >= 15 is 0 Å². The maximum atomic E-state index is 13.2. The average molecular weight is 440 g/mol. The molecule has 0 bridgehead atoms. The third-order valence-corrected chi connectivity index (χ3v) is 6.27. The number of carbonyl (C=O) groups excluding carboxylic acids is 3. The highest BCUT2D eigenvalue weighted by molar-refractivity contribution is 6.03. The van der Waals surface area contributed by atoms with E-state index in [2.05, 4.69) is 5.32 Å². The number of ether oxygens (including phenoxy) is 2. The Kier molecular flexibility index (Phi) is 7.64. The van der Waals surface area contributed by atoms with Crippen LogP contribution in [-0.2, 0) is 25.7 Å². The second kappa shape index (κ2) is 10.4. The fraction of sp³-hybridized carbons (Fsp3) is 0.400. The molecule has 0 aromatic heterocycles. The zero-order chi connectivity index (χ0) is 23.1. The van der Waals surface area contributed by atoms with Crippen LogP contribution < -0.4 is 5.32 Å². The molecule has 1 unspecified atom stereocenters. The Morgan fingerprint density at radius 3 is 2.38 bits per heavy atom. The summed E-state index contributed by atoms with van der Waals surface area (Å²) in [4.78, 5) is 38.1. The molecule has 0 radical (unpaired) electrons. The predicted octanol–water partition coefficient (Wildman–Crippen LogP) is 3.46. The van der Waals surface area contributed by atoms with E-state index in [0.29, 0.717) is 15.7 Å². The summed E-state index contributed by atoms with van der Waals surface area (Å²) in [6.45, 7) is 5.47. The number of benzene rings is 2. The third-order valence-electron chi connectivity index (χ3n) is 6.27. The number of hydrogen-bond acceptors (Lipinski definition) is 5. The standard InChI is InChI=1S/C25H30N2O5/c1-18-10-9-13-21(25(30)31-3)23(18)26-24(29)19(2)27(14-7-8-15-27)16-22(28)32-17-20-11-5-4-6-12-20/h4-6,9-13,19H,7-8,14-17H2,1-3H3/p+1. The molecule has 1 aliphatic rings. The fourth-order valence-electron chi connectivity index (χ4n) is 4.28. The summed E-state index contributed by atoms with van der Waals surface area (Å²) in [6.07, 6.45) is 1.89. The van der Waals surface area contributed by atoms with Gasteiger partial charge in [0, 0.05) is 12.8 Å². The van der Waals surface area contributed by atoms with Crippen LogP contribution in [0.4, 0.5) is 5.69 Å². The Bertz CT molecular complexity index is 968. The van der Waals surface area contributed by atoms with E-state index in [1.54, 1.807) is 12.1 Å². The fourth-order valence-corrected chi connectivity index (χ4v) is 4.28. The van der Waals surface area contributed by atoms with Gasteiger partial charge in [-0.05, 0) is 31.0 Å². The highest BCUT2D eigenvalue weighted by atomic mass is 16.5. The third kappa shape index (κ3) is 5.34. The van der Waals surface area contributed by atoms with Crippen LogP contribution in [0.25, 0.3) is 0 Å². The summed E-state index contributed by atoms with van der Waals surface area (Å²) in [5.41, 5.74) is 2.45. The molecule has 1 N–H and O–H groups in total. The van der Waals surface area contributed by atoms with Crippen LogP contribution in [0.1, 0.15) is 41.3 Å². The molecule has 7 heteroatoms. The molecule has 1 amide bonds. The first-order valence-corrected chi connectivity index (χ1v) is 10.9. The Morgan fingerprint density at radius 2 is 1.72 bits per heavy atom. The van der Waals surface area contributed by atoms with E-state index in [1.807, 2.05) is 50.2 Å². The van der Waals surface area contributed by atoms with Crippen molar-refractivity contribution >= 4 is 23.5 Å². The average Bonchev–Trinajstić information content (AvgIpc) is 3.28.